The number of hydrogen-bond donors (Lipinski definition) is 1. The molecule has 4 heteroatoms. The maximum Gasteiger partial charge on any atom is 0.146 e. The van der Waals surface area contributed by atoms with E-state index in [1.54, 1.807) is 7.11 Å². The third-order valence-electron chi connectivity index (χ3n) is 3.40. The van der Waals surface area contributed by atoms with E-state index >= 15 is 0 Å². The molecule has 0 spiro atoms. The van der Waals surface area contributed by atoms with Crippen molar-refractivity contribution in [2.24, 2.45) is 5.92 Å². The van der Waals surface area contributed by atoms with E-state index in [1.165, 1.54) is 0 Å². The van der Waals surface area contributed by atoms with Gasteiger partial charge >= 0.3 is 0 Å². The monoisotopic (exact) mass is 260 g/mol. The summed E-state index contributed by atoms with van der Waals surface area (Å²) in [6.07, 6.45) is 2.02. The summed E-state index contributed by atoms with van der Waals surface area (Å²) in [5.74, 6) is 1.34. The lowest BCUT2D eigenvalue weighted by atomic mass is 10.2. The highest BCUT2D eigenvalue weighted by atomic mass is 16.5. The van der Waals surface area contributed by atoms with E-state index < -0.39 is 0 Å². The predicted octanol–water partition coefficient (Wildman–Crippen LogP) is 2.73. The molecule has 0 amide bonds. The van der Waals surface area contributed by atoms with Crippen LogP contribution in [0.4, 0.5) is 5.69 Å². The molecule has 1 aliphatic rings. The number of hydrogen-bond acceptors (Lipinski definition) is 4. The zero-order valence-corrected chi connectivity index (χ0v) is 11.5. The van der Waals surface area contributed by atoms with E-state index in [2.05, 4.69) is 11.4 Å². The van der Waals surface area contributed by atoms with Crippen LogP contribution in [-0.4, -0.2) is 26.4 Å². The second-order valence-electron chi connectivity index (χ2n) is 4.82. The maximum atomic E-state index is 8.95. The van der Waals surface area contributed by atoms with Gasteiger partial charge in [0.05, 0.1) is 19.8 Å². The Morgan fingerprint density at radius 2 is 2.26 bits per heavy atom. The van der Waals surface area contributed by atoms with E-state index in [0.29, 0.717) is 19.1 Å². The first kappa shape index (κ1) is 13.7. The predicted molar refractivity (Wildman–Crippen MR) is 74.3 cm³/mol. The molecule has 0 heterocycles. The molecule has 1 aromatic rings. The van der Waals surface area contributed by atoms with Crippen molar-refractivity contribution in [3.05, 3.63) is 23.8 Å². The van der Waals surface area contributed by atoms with Crippen LogP contribution in [0.1, 0.15) is 18.4 Å². The molecule has 1 atom stereocenters. The minimum atomic E-state index is -0.229. The summed E-state index contributed by atoms with van der Waals surface area (Å²) in [4.78, 5) is 0. The Morgan fingerprint density at radius 3 is 2.89 bits per heavy atom. The molecule has 102 valence electrons. The van der Waals surface area contributed by atoms with Gasteiger partial charge in [0.25, 0.3) is 0 Å². The van der Waals surface area contributed by atoms with Gasteiger partial charge in [-0.3, -0.25) is 0 Å². The van der Waals surface area contributed by atoms with Gasteiger partial charge in [-0.1, -0.05) is 6.07 Å². The highest BCUT2D eigenvalue weighted by molar-refractivity contribution is 5.56. The fourth-order valence-electron chi connectivity index (χ4n) is 2.08. The molecular weight excluding hydrogens is 240 g/mol. The number of nitrogens with zero attached hydrogens (tertiary/aromatic N) is 1. The zero-order valence-electron chi connectivity index (χ0n) is 11.5. The topological polar surface area (TPSA) is 54.3 Å². The van der Waals surface area contributed by atoms with Crippen molar-refractivity contribution in [2.75, 3.05) is 25.6 Å². The van der Waals surface area contributed by atoms with Crippen LogP contribution in [0.25, 0.3) is 0 Å². The summed E-state index contributed by atoms with van der Waals surface area (Å²) in [5.41, 5.74) is 2.13. The van der Waals surface area contributed by atoms with Crippen LogP contribution >= 0.6 is 0 Å². The van der Waals surface area contributed by atoms with E-state index in [4.69, 9.17) is 14.7 Å². The molecule has 0 aromatic heterocycles. The molecule has 2 rings (SSSR count). The van der Waals surface area contributed by atoms with Crippen molar-refractivity contribution in [1.29, 1.82) is 5.26 Å². The smallest absolute Gasteiger partial charge is 0.146 e. The Bertz CT molecular complexity index is 464. The lowest BCUT2D eigenvalue weighted by molar-refractivity contribution is 0.0837. The molecule has 19 heavy (non-hydrogen) atoms. The molecule has 1 saturated carbocycles. The van der Waals surface area contributed by atoms with Gasteiger partial charge in [-0.2, -0.15) is 5.26 Å². The van der Waals surface area contributed by atoms with Crippen LogP contribution in [0.2, 0.25) is 0 Å². The largest absolute Gasteiger partial charge is 0.496 e. The Balaban J connectivity index is 1.78. The fraction of sp³-hybridized carbons (Fsp3) is 0.533. The van der Waals surface area contributed by atoms with Gasteiger partial charge in [0.1, 0.15) is 11.9 Å². The van der Waals surface area contributed by atoms with Crippen LogP contribution < -0.4 is 10.1 Å². The Labute approximate surface area is 114 Å². The minimum Gasteiger partial charge on any atom is -0.496 e. The van der Waals surface area contributed by atoms with E-state index in [-0.39, 0.29) is 6.10 Å². The molecule has 1 aliphatic carbocycles. The van der Waals surface area contributed by atoms with Crippen molar-refractivity contribution in [1.82, 2.24) is 0 Å². The van der Waals surface area contributed by atoms with E-state index in [0.717, 1.165) is 29.8 Å². The first-order valence-electron chi connectivity index (χ1n) is 6.65. The van der Waals surface area contributed by atoms with Gasteiger partial charge in [0.2, 0.25) is 0 Å². The van der Waals surface area contributed by atoms with Crippen molar-refractivity contribution >= 4 is 5.69 Å². The van der Waals surface area contributed by atoms with Gasteiger partial charge in [0.15, 0.2) is 0 Å². The average Bonchev–Trinajstić information content (AvgIpc) is 3.25. The summed E-state index contributed by atoms with van der Waals surface area (Å²) >= 11 is 0. The van der Waals surface area contributed by atoms with Gasteiger partial charge < -0.3 is 14.8 Å². The number of anilines is 1. The molecule has 1 fully saturated rings. The first-order valence-corrected chi connectivity index (χ1v) is 6.65. The first-order chi connectivity index (χ1) is 9.26. The summed E-state index contributed by atoms with van der Waals surface area (Å²) < 4.78 is 10.9. The molecule has 1 aromatic carbocycles. The van der Waals surface area contributed by atoms with Crippen molar-refractivity contribution in [3.8, 4) is 11.8 Å². The molecule has 0 radical (unpaired) electrons. The molecular formula is C15H20N2O2. The third kappa shape index (κ3) is 3.62. The molecule has 1 N–H and O–H groups in total. The quantitative estimate of drug-likeness (QED) is 0.766. The molecule has 0 bridgehead atoms. The van der Waals surface area contributed by atoms with Crippen LogP contribution in [0, 0.1) is 24.2 Å². The summed E-state index contributed by atoms with van der Waals surface area (Å²) in [6, 6.07) is 8.13. The van der Waals surface area contributed by atoms with Gasteiger partial charge in [-0.05, 0) is 37.8 Å². The van der Waals surface area contributed by atoms with Gasteiger partial charge in [-0.15, -0.1) is 0 Å². The zero-order chi connectivity index (χ0) is 13.7. The highest BCUT2D eigenvalue weighted by Gasteiger charge is 2.31. The number of rotatable bonds is 7. The number of ether oxygens (including phenoxy) is 2. The van der Waals surface area contributed by atoms with Crippen LogP contribution in [0.5, 0.6) is 5.75 Å². The summed E-state index contributed by atoms with van der Waals surface area (Å²) in [7, 11) is 1.67. The summed E-state index contributed by atoms with van der Waals surface area (Å²) in [5, 5.41) is 12.3. The van der Waals surface area contributed by atoms with Crippen LogP contribution in [-0.2, 0) is 4.74 Å². The van der Waals surface area contributed by atoms with Crippen molar-refractivity contribution in [3.63, 3.8) is 0 Å². The molecule has 0 saturated heterocycles. The van der Waals surface area contributed by atoms with E-state index in [9.17, 15) is 0 Å². The van der Waals surface area contributed by atoms with Crippen molar-refractivity contribution < 1.29 is 9.47 Å². The Hall–Kier alpha value is -1.73. The molecule has 4 nitrogen and oxygen atoms in total. The second kappa shape index (κ2) is 6.44. The van der Waals surface area contributed by atoms with E-state index in [1.807, 2.05) is 25.1 Å². The summed E-state index contributed by atoms with van der Waals surface area (Å²) in [6.45, 7) is 3.26. The number of methoxy groups -OCH3 is 1. The van der Waals surface area contributed by atoms with Gasteiger partial charge in [0, 0.05) is 17.8 Å². The highest BCUT2D eigenvalue weighted by Crippen LogP contribution is 2.33. The number of benzene rings is 1. The lowest BCUT2D eigenvalue weighted by Gasteiger charge is -2.14. The van der Waals surface area contributed by atoms with Crippen LogP contribution in [0.3, 0.4) is 0 Å². The number of nitrogens with one attached hydrogen (secondary N) is 1. The van der Waals surface area contributed by atoms with Gasteiger partial charge in [-0.25, -0.2) is 0 Å². The second-order valence-corrected chi connectivity index (χ2v) is 4.82. The standard InChI is InChI=1S/C15H20N2O2/c1-11-13(4-3-5-14(11)18-2)17-8-9-19-15(10-16)12-6-7-12/h3-5,12,15,17H,6-9H2,1-2H3. The molecule has 1 unspecified atom stereocenters. The number of nitriles is 1. The minimum absolute atomic E-state index is 0.229. The normalized spacial score (nSPS) is 15.6. The fourth-order valence-corrected chi connectivity index (χ4v) is 2.08. The molecule has 0 aliphatic heterocycles. The SMILES string of the molecule is COc1cccc(NCCOC(C#N)C2CC2)c1C. The van der Waals surface area contributed by atoms with Crippen LogP contribution in [0.15, 0.2) is 18.2 Å². The lowest BCUT2D eigenvalue weighted by Crippen LogP contribution is -2.18. The Morgan fingerprint density at radius 1 is 1.47 bits per heavy atom. The third-order valence-corrected chi connectivity index (χ3v) is 3.40. The Kier molecular flexibility index (Phi) is 4.64. The van der Waals surface area contributed by atoms with Crippen molar-refractivity contribution in [2.45, 2.75) is 25.9 Å². The maximum absolute atomic E-state index is 8.95. The average molecular weight is 260 g/mol.